The molecular weight excluding hydrogens is 759 g/mol. The molecule has 0 radical (unpaired) electrons. The van der Waals surface area contributed by atoms with Crippen molar-refractivity contribution < 1.29 is 4.42 Å². The topological polar surface area (TPSA) is 69.1 Å². The zero-order chi connectivity index (χ0) is 41.0. The zero-order valence-corrected chi connectivity index (χ0v) is 33.4. The standard InChI is InChI=1S/C56H35N5O/c1-4-15-37(16-5-1)48-35-43-21-10-11-22-44(43)52-50(51(60-61(48)52)39-17-6-2-7-18-39)38-29-33-42(34-30-38)56-58-54(40-19-8-3-9-20-40)57-55(59-56)41-31-27-36(28-32-41)45-24-14-25-47-46-23-12-13-26-49(46)62-53(45)47/h1-35H. The number of fused-ring (bicyclic) bond motifs is 6. The average molecular weight is 794 g/mol. The lowest BCUT2D eigenvalue weighted by Gasteiger charge is -2.11. The molecule has 12 rings (SSSR count). The van der Waals surface area contributed by atoms with Crippen molar-refractivity contribution in [3.8, 4) is 78.9 Å². The summed E-state index contributed by atoms with van der Waals surface area (Å²) in [5.41, 5.74) is 13.8. The van der Waals surface area contributed by atoms with Gasteiger partial charge in [0.1, 0.15) is 16.9 Å². The average Bonchev–Trinajstić information content (AvgIpc) is 3.95. The highest BCUT2D eigenvalue weighted by molar-refractivity contribution is 6.10. The summed E-state index contributed by atoms with van der Waals surface area (Å²) in [6.07, 6.45) is 0. The fourth-order valence-corrected chi connectivity index (χ4v) is 8.68. The molecule has 0 atom stereocenters. The molecule has 62 heavy (non-hydrogen) atoms. The summed E-state index contributed by atoms with van der Waals surface area (Å²) in [4.78, 5) is 15.2. The van der Waals surface area contributed by atoms with Crippen LogP contribution in [0.2, 0.25) is 0 Å². The van der Waals surface area contributed by atoms with Crippen molar-refractivity contribution in [2.75, 3.05) is 0 Å². The second-order valence-corrected chi connectivity index (χ2v) is 15.4. The minimum atomic E-state index is 0.594. The third-order valence-corrected chi connectivity index (χ3v) is 11.7. The van der Waals surface area contributed by atoms with Gasteiger partial charge in [-0.2, -0.15) is 5.10 Å². The first-order valence-electron chi connectivity index (χ1n) is 20.7. The van der Waals surface area contributed by atoms with Gasteiger partial charge in [0.2, 0.25) is 0 Å². The molecule has 0 N–H and O–H groups in total. The Morgan fingerprint density at radius 2 is 0.871 bits per heavy atom. The van der Waals surface area contributed by atoms with Gasteiger partial charge in [-0.3, -0.25) is 0 Å². The minimum Gasteiger partial charge on any atom is -0.455 e. The first kappa shape index (κ1) is 35.5. The van der Waals surface area contributed by atoms with E-state index in [-0.39, 0.29) is 0 Å². The van der Waals surface area contributed by atoms with E-state index in [1.54, 1.807) is 0 Å². The number of para-hydroxylation sites is 2. The van der Waals surface area contributed by atoms with Crippen LogP contribution in [0.4, 0.5) is 0 Å². The second-order valence-electron chi connectivity index (χ2n) is 15.4. The Bertz CT molecular complexity index is 3600. The molecule has 6 heteroatoms. The van der Waals surface area contributed by atoms with E-state index in [0.717, 1.165) is 99.7 Å². The Kier molecular flexibility index (Phi) is 8.38. The quantitative estimate of drug-likeness (QED) is 0.161. The maximum absolute atomic E-state index is 6.37. The van der Waals surface area contributed by atoms with E-state index in [1.165, 1.54) is 0 Å². The fraction of sp³-hybridized carbons (Fsp3) is 0. The smallest absolute Gasteiger partial charge is 0.164 e. The SMILES string of the molecule is c1ccc(-c2nc(-c3ccc(-c4cccc5c4oc4ccccc45)cc3)nc(-c3ccc(-c4c(-c5ccccc5)nn5c(-c6ccccc6)cc6ccccc6c45)cc3)n2)cc1. The summed E-state index contributed by atoms with van der Waals surface area (Å²) >= 11 is 0. The summed E-state index contributed by atoms with van der Waals surface area (Å²) in [5.74, 6) is 1.80. The lowest BCUT2D eigenvalue weighted by Crippen LogP contribution is -2.00. The van der Waals surface area contributed by atoms with Gasteiger partial charge < -0.3 is 4.42 Å². The monoisotopic (exact) mass is 793 g/mol. The molecule has 0 bridgehead atoms. The predicted molar refractivity (Wildman–Crippen MR) is 251 cm³/mol. The van der Waals surface area contributed by atoms with Crippen molar-refractivity contribution in [3.63, 3.8) is 0 Å². The minimum absolute atomic E-state index is 0.594. The Morgan fingerprint density at radius 3 is 1.53 bits per heavy atom. The highest BCUT2D eigenvalue weighted by atomic mass is 16.3. The van der Waals surface area contributed by atoms with Gasteiger partial charge in [-0.1, -0.05) is 200 Å². The molecule has 8 aromatic carbocycles. The zero-order valence-electron chi connectivity index (χ0n) is 33.4. The lowest BCUT2D eigenvalue weighted by molar-refractivity contribution is 0.670. The Morgan fingerprint density at radius 1 is 0.371 bits per heavy atom. The molecule has 4 heterocycles. The molecule has 4 aromatic heterocycles. The maximum atomic E-state index is 6.37. The van der Waals surface area contributed by atoms with Crippen LogP contribution in [-0.2, 0) is 0 Å². The van der Waals surface area contributed by atoms with E-state index in [9.17, 15) is 0 Å². The number of pyridine rings is 1. The highest BCUT2D eigenvalue weighted by Gasteiger charge is 2.22. The molecule has 0 unspecified atom stereocenters. The number of benzene rings is 8. The Labute approximate surface area is 357 Å². The first-order valence-corrected chi connectivity index (χ1v) is 20.7. The molecule has 0 amide bonds. The molecule has 0 aliphatic rings. The lowest BCUT2D eigenvalue weighted by atomic mass is 9.96. The molecule has 6 nitrogen and oxygen atoms in total. The van der Waals surface area contributed by atoms with Crippen LogP contribution in [-0.4, -0.2) is 24.6 Å². The van der Waals surface area contributed by atoms with Crippen molar-refractivity contribution in [3.05, 3.63) is 212 Å². The van der Waals surface area contributed by atoms with Crippen LogP contribution in [0, 0.1) is 0 Å². The van der Waals surface area contributed by atoms with E-state index in [4.69, 9.17) is 24.5 Å². The van der Waals surface area contributed by atoms with E-state index in [0.29, 0.717) is 17.5 Å². The number of hydrogen-bond donors (Lipinski definition) is 0. The molecule has 0 aliphatic heterocycles. The molecule has 0 saturated heterocycles. The van der Waals surface area contributed by atoms with Crippen LogP contribution in [0.15, 0.2) is 217 Å². The number of nitrogens with zero attached hydrogens (tertiary/aromatic N) is 5. The number of aromatic nitrogens is 5. The second kappa shape index (κ2) is 14.7. The van der Waals surface area contributed by atoms with Gasteiger partial charge in [0.15, 0.2) is 17.5 Å². The van der Waals surface area contributed by atoms with Crippen LogP contribution in [0.1, 0.15) is 0 Å². The largest absolute Gasteiger partial charge is 0.455 e. The van der Waals surface area contributed by atoms with Gasteiger partial charge >= 0.3 is 0 Å². The molecule has 0 saturated carbocycles. The Hall–Kier alpha value is -8.48. The third kappa shape index (κ3) is 6.04. The maximum Gasteiger partial charge on any atom is 0.164 e. The molecule has 0 fully saturated rings. The molecule has 0 aliphatic carbocycles. The van der Waals surface area contributed by atoms with Crippen LogP contribution in [0.25, 0.3) is 117 Å². The van der Waals surface area contributed by atoms with Crippen LogP contribution >= 0.6 is 0 Å². The normalized spacial score (nSPS) is 11.5. The fourth-order valence-electron chi connectivity index (χ4n) is 8.68. The van der Waals surface area contributed by atoms with Crippen molar-refractivity contribution in [1.82, 2.24) is 24.6 Å². The summed E-state index contributed by atoms with van der Waals surface area (Å²) in [6.45, 7) is 0. The van der Waals surface area contributed by atoms with Gasteiger partial charge in [0.05, 0.1) is 11.2 Å². The van der Waals surface area contributed by atoms with E-state index in [1.807, 2.05) is 60.7 Å². The van der Waals surface area contributed by atoms with Gasteiger partial charge in [-0.25, -0.2) is 19.5 Å². The number of furan rings is 1. The van der Waals surface area contributed by atoms with Crippen molar-refractivity contribution in [2.24, 2.45) is 0 Å². The summed E-state index contributed by atoms with van der Waals surface area (Å²) in [7, 11) is 0. The van der Waals surface area contributed by atoms with Crippen LogP contribution in [0.5, 0.6) is 0 Å². The molecule has 0 spiro atoms. The van der Waals surface area contributed by atoms with Gasteiger partial charge in [-0.15, -0.1) is 0 Å². The van der Waals surface area contributed by atoms with Crippen LogP contribution < -0.4 is 0 Å². The number of hydrogen-bond acceptors (Lipinski definition) is 5. The van der Waals surface area contributed by atoms with Crippen molar-refractivity contribution in [2.45, 2.75) is 0 Å². The van der Waals surface area contributed by atoms with Gasteiger partial charge in [0, 0.05) is 55.1 Å². The first-order chi connectivity index (χ1) is 30.7. The van der Waals surface area contributed by atoms with Crippen molar-refractivity contribution >= 4 is 38.2 Å². The number of rotatable bonds is 7. The van der Waals surface area contributed by atoms with Gasteiger partial charge in [0.25, 0.3) is 0 Å². The molecular formula is C56H35N5O. The van der Waals surface area contributed by atoms with Crippen molar-refractivity contribution in [1.29, 1.82) is 0 Å². The summed E-state index contributed by atoms with van der Waals surface area (Å²) < 4.78 is 8.49. The van der Waals surface area contributed by atoms with E-state index in [2.05, 4.69) is 156 Å². The Balaban J connectivity index is 0.983. The summed E-state index contributed by atoms with van der Waals surface area (Å²) in [5, 5.41) is 9.89. The molecule has 12 aromatic rings. The third-order valence-electron chi connectivity index (χ3n) is 11.7. The van der Waals surface area contributed by atoms with Crippen LogP contribution in [0.3, 0.4) is 0 Å². The van der Waals surface area contributed by atoms with E-state index >= 15 is 0 Å². The highest BCUT2D eigenvalue weighted by Crippen LogP contribution is 2.42. The van der Waals surface area contributed by atoms with E-state index < -0.39 is 0 Å². The predicted octanol–water partition coefficient (Wildman–Crippen LogP) is 14.2. The summed E-state index contributed by atoms with van der Waals surface area (Å²) in [6, 6.07) is 73.3. The van der Waals surface area contributed by atoms with Gasteiger partial charge in [-0.05, 0) is 28.6 Å². The molecule has 290 valence electrons.